The molecule has 0 saturated heterocycles. The number of nitrogens with one attached hydrogen (secondary N) is 2. The predicted octanol–water partition coefficient (Wildman–Crippen LogP) is 4.93. The molecule has 1 saturated carbocycles. The number of methoxy groups -OCH3 is 1. The normalized spacial score (nSPS) is 14.0. The van der Waals surface area contributed by atoms with Gasteiger partial charge in [0, 0.05) is 19.0 Å². The monoisotopic (exact) mass is 476 g/mol. The highest BCUT2D eigenvalue weighted by molar-refractivity contribution is 9.10. The lowest BCUT2D eigenvalue weighted by atomic mass is 10.2. The fraction of sp³-hybridized carbons (Fsp3) is 0.444. The number of thiocarbonyl (C=S) groups is 1. The van der Waals surface area contributed by atoms with Gasteiger partial charge in [0.15, 0.2) is 10.8 Å². The van der Waals surface area contributed by atoms with Crippen LogP contribution in [0.4, 0.5) is 18.9 Å². The molecule has 0 amide bonds. The zero-order chi connectivity index (χ0) is 20.3. The molecule has 1 aliphatic carbocycles. The van der Waals surface area contributed by atoms with Gasteiger partial charge in [0.05, 0.1) is 23.0 Å². The third-order valence-electron chi connectivity index (χ3n) is 4.35. The van der Waals surface area contributed by atoms with Crippen LogP contribution in [-0.2, 0) is 12.7 Å². The van der Waals surface area contributed by atoms with Gasteiger partial charge in [-0.3, -0.25) is 4.68 Å². The fourth-order valence-corrected chi connectivity index (χ4v) is 3.94. The van der Waals surface area contributed by atoms with Crippen molar-refractivity contribution in [2.75, 3.05) is 19.0 Å². The summed E-state index contributed by atoms with van der Waals surface area (Å²) in [7, 11) is 1.58. The standard InChI is InChI=1S/C18H20BrF3N4OS/c1-27-13-6-3-2-5-12(13)24-17(28)23-9-4-10-26-15(11-7-8-11)14(19)16(25-26)18(20,21)22/h2-3,5-6,11H,4,7-10H2,1H3,(H2,23,24,28). The maximum absolute atomic E-state index is 13.1. The molecule has 2 aromatic rings. The van der Waals surface area contributed by atoms with Crippen LogP contribution < -0.4 is 15.4 Å². The second-order valence-electron chi connectivity index (χ2n) is 6.48. The van der Waals surface area contributed by atoms with E-state index in [0.29, 0.717) is 36.1 Å². The molecular formula is C18H20BrF3N4OS. The van der Waals surface area contributed by atoms with Crippen LogP contribution >= 0.6 is 28.1 Å². The summed E-state index contributed by atoms with van der Waals surface area (Å²) in [6, 6.07) is 7.38. The summed E-state index contributed by atoms with van der Waals surface area (Å²) >= 11 is 8.37. The molecule has 28 heavy (non-hydrogen) atoms. The second kappa shape index (κ2) is 8.69. The first-order chi connectivity index (χ1) is 13.3. The van der Waals surface area contributed by atoms with E-state index >= 15 is 0 Å². The Hall–Kier alpha value is -1.81. The minimum Gasteiger partial charge on any atom is -0.495 e. The molecule has 0 aliphatic heterocycles. The molecule has 0 atom stereocenters. The van der Waals surface area contributed by atoms with Crippen LogP contribution in [0.5, 0.6) is 5.75 Å². The van der Waals surface area contributed by atoms with Crippen molar-refractivity contribution < 1.29 is 17.9 Å². The lowest BCUT2D eigenvalue weighted by Crippen LogP contribution is -2.30. The first-order valence-electron chi connectivity index (χ1n) is 8.82. The number of halogens is 4. The maximum Gasteiger partial charge on any atom is 0.436 e. The van der Waals surface area contributed by atoms with Crippen molar-refractivity contribution in [3.63, 3.8) is 0 Å². The molecular weight excluding hydrogens is 457 g/mol. The van der Waals surface area contributed by atoms with Gasteiger partial charge >= 0.3 is 6.18 Å². The van der Waals surface area contributed by atoms with Crippen LogP contribution in [-0.4, -0.2) is 28.5 Å². The van der Waals surface area contributed by atoms with Crippen molar-refractivity contribution in [1.82, 2.24) is 15.1 Å². The number of anilines is 1. The summed E-state index contributed by atoms with van der Waals surface area (Å²) in [6.07, 6.45) is -2.09. The Kier molecular flexibility index (Phi) is 6.49. The van der Waals surface area contributed by atoms with Crippen molar-refractivity contribution in [3.8, 4) is 5.75 Å². The largest absolute Gasteiger partial charge is 0.495 e. The first-order valence-corrected chi connectivity index (χ1v) is 10.0. The van der Waals surface area contributed by atoms with Crippen molar-refractivity contribution in [3.05, 3.63) is 40.1 Å². The van der Waals surface area contributed by atoms with Gasteiger partial charge in [0.25, 0.3) is 0 Å². The second-order valence-corrected chi connectivity index (χ2v) is 7.68. The number of rotatable bonds is 7. The molecule has 1 aliphatic rings. The predicted molar refractivity (Wildman–Crippen MR) is 109 cm³/mol. The summed E-state index contributed by atoms with van der Waals surface area (Å²) in [6.45, 7) is 0.884. The number of hydrogen-bond donors (Lipinski definition) is 2. The van der Waals surface area contributed by atoms with Crippen molar-refractivity contribution in [2.24, 2.45) is 0 Å². The van der Waals surface area contributed by atoms with Crippen molar-refractivity contribution >= 4 is 38.9 Å². The number of benzene rings is 1. The van der Waals surface area contributed by atoms with Gasteiger partial charge in [0.2, 0.25) is 0 Å². The van der Waals surface area contributed by atoms with Gasteiger partial charge in [-0.1, -0.05) is 12.1 Å². The average molecular weight is 477 g/mol. The molecule has 152 valence electrons. The molecule has 10 heteroatoms. The van der Waals surface area contributed by atoms with Crippen LogP contribution in [0.25, 0.3) is 0 Å². The van der Waals surface area contributed by atoms with E-state index in [0.717, 1.165) is 18.5 Å². The zero-order valence-corrected chi connectivity index (χ0v) is 17.5. The van der Waals surface area contributed by atoms with E-state index in [1.54, 1.807) is 7.11 Å². The number of alkyl halides is 3. The lowest BCUT2D eigenvalue weighted by molar-refractivity contribution is -0.142. The Morgan fingerprint density at radius 2 is 2.07 bits per heavy atom. The molecule has 1 aromatic heterocycles. The molecule has 0 bridgehead atoms. The Labute approximate surface area is 174 Å². The summed E-state index contributed by atoms with van der Waals surface area (Å²) in [5, 5.41) is 10.3. The third kappa shape index (κ3) is 4.96. The molecule has 2 N–H and O–H groups in total. The fourth-order valence-electron chi connectivity index (χ4n) is 2.90. The Morgan fingerprint density at radius 1 is 1.36 bits per heavy atom. The Bertz CT molecular complexity index is 852. The van der Waals surface area contributed by atoms with E-state index < -0.39 is 11.9 Å². The molecule has 0 unspecified atom stereocenters. The van der Waals surface area contributed by atoms with Crippen LogP contribution in [0.3, 0.4) is 0 Å². The smallest absolute Gasteiger partial charge is 0.436 e. The van der Waals surface area contributed by atoms with Gasteiger partial charge in [-0.05, 0) is 59.5 Å². The molecule has 3 rings (SSSR count). The number of para-hydroxylation sites is 2. The van der Waals surface area contributed by atoms with Gasteiger partial charge in [0.1, 0.15) is 5.75 Å². The quantitative estimate of drug-likeness (QED) is 0.438. The highest BCUT2D eigenvalue weighted by Gasteiger charge is 2.41. The summed E-state index contributed by atoms with van der Waals surface area (Å²) < 4.78 is 46.2. The van der Waals surface area contributed by atoms with Crippen LogP contribution in [0, 0.1) is 0 Å². The van der Waals surface area contributed by atoms with E-state index in [9.17, 15) is 13.2 Å². The summed E-state index contributed by atoms with van der Waals surface area (Å²) in [4.78, 5) is 0. The molecule has 1 heterocycles. The summed E-state index contributed by atoms with van der Waals surface area (Å²) in [5.74, 6) is 0.820. The van der Waals surface area contributed by atoms with Crippen LogP contribution in [0.15, 0.2) is 28.7 Å². The highest BCUT2D eigenvalue weighted by atomic mass is 79.9. The summed E-state index contributed by atoms with van der Waals surface area (Å²) in [5.41, 5.74) is 0.530. The molecule has 1 aromatic carbocycles. The molecule has 0 radical (unpaired) electrons. The minimum atomic E-state index is -4.47. The zero-order valence-electron chi connectivity index (χ0n) is 15.1. The SMILES string of the molecule is COc1ccccc1NC(=S)NCCCn1nc(C(F)(F)F)c(Br)c1C1CC1. The molecule has 1 fully saturated rings. The number of hydrogen-bond acceptors (Lipinski definition) is 3. The molecule has 0 spiro atoms. The van der Waals surface area contributed by atoms with Crippen molar-refractivity contribution in [1.29, 1.82) is 0 Å². The van der Waals surface area contributed by atoms with Gasteiger partial charge < -0.3 is 15.4 Å². The van der Waals surface area contributed by atoms with E-state index in [-0.39, 0.29) is 10.4 Å². The average Bonchev–Trinajstić information content (AvgIpc) is 3.41. The van der Waals surface area contributed by atoms with E-state index in [4.69, 9.17) is 17.0 Å². The van der Waals surface area contributed by atoms with Crippen LogP contribution in [0.1, 0.15) is 36.6 Å². The third-order valence-corrected chi connectivity index (χ3v) is 5.38. The molecule has 5 nitrogen and oxygen atoms in total. The number of nitrogens with zero attached hydrogens (tertiary/aromatic N) is 2. The maximum atomic E-state index is 13.1. The minimum absolute atomic E-state index is 0.0730. The topological polar surface area (TPSA) is 51.1 Å². The highest BCUT2D eigenvalue weighted by Crippen LogP contribution is 2.47. The number of aromatic nitrogens is 2. The Balaban J connectivity index is 1.55. The van der Waals surface area contributed by atoms with Crippen molar-refractivity contribution in [2.45, 2.75) is 37.9 Å². The number of aryl methyl sites for hydroxylation is 1. The van der Waals surface area contributed by atoms with E-state index in [1.807, 2.05) is 24.3 Å². The van der Waals surface area contributed by atoms with E-state index in [2.05, 4.69) is 31.7 Å². The first kappa shape index (κ1) is 20.9. The van der Waals surface area contributed by atoms with E-state index in [1.165, 1.54) is 4.68 Å². The Morgan fingerprint density at radius 3 is 2.71 bits per heavy atom. The lowest BCUT2D eigenvalue weighted by Gasteiger charge is -2.13. The number of ether oxygens (including phenoxy) is 1. The van der Waals surface area contributed by atoms with Crippen LogP contribution in [0.2, 0.25) is 0 Å². The van der Waals surface area contributed by atoms with Gasteiger partial charge in [-0.2, -0.15) is 18.3 Å². The van der Waals surface area contributed by atoms with Gasteiger partial charge in [-0.15, -0.1) is 0 Å². The van der Waals surface area contributed by atoms with Gasteiger partial charge in [-0.25, -0.2) is 0 Å².